The van der Waals surface area contributed by atoms with Crippen molar-refractivity contribution in [3.05, 3.63) is 11.8 Å². The number of rotatable bonds is 8. The van der Waals surface area contributed by atoms with Crippen LogP contribution < -0.4 is 0 Å². The Morgan fingerprint density at radius 2 is 1.64 bits per heavy atom. The lowest BCUT2D eigenvalue weighted by Gasteiger charge is -2.01. The first-order valence-corrected chi connectivity index (χ1v) is 5.99. The minimum absolute atomic E-state index is 1.15. The fraction of sp³-hybridized carbons (Fsp3) is 0.769. The summed E-state index contributed by atoms with van der Waals surface area (Å²) < 4.78 is 0. The molecule has 0 aromatic heterocycles. The second-order valence-corrected chi connectivity index (χ2v) is 3.69. The summed E-state index contributed by atoms with van der Waals surface area (Å²) in [5, 5.41) is 0. The SMILES string of the molecule is C/C=N\C(=C/C)CCCCCCCC. The first-order valence-electron chi connectivity index (χ1n) is 5.99. The molecule has 0 rings (SSSR count). The predicted molar refractivity (Wildman–Crippen MR) is 65.9 cm³/mol. The van der Waals surface area contributed by atoms with E-state index >= 15 is 0 Å². The molecular formula is C13H25N. The van der Waals surface area contributed by atoms with Crippen LogP contribution in [0.4, 0.5) is 0 Å². The highest BCUT2D eigenvalue weighted by molar-refractivity contribution is 5.55. The van der Waals surface area contributed by atoms with Crippen LogP contribution in [0, 0.1) is 0 Å². The highest BCUT2D eigenvalue weighted by Crippen LogP contribution is 2.12. The number of nitrogens with zero attached hydrogens (tertiary/aromatic N) is 1. The van der Waals surface area contributed by atoms with Crippen molar-refractivity contribution in [1.82, 2.24) is 0 Å². The largest absolute Gasteiger partial charge is 0.266 e. The van der Waals surface area contributed by atoms with Gasteiger partial charge in [0.05, 0.1) is 0 Å². The Bertz CT molecular complexity index is 168. The van der Waals surface area contributed by atoms with Crippen LogP contribution in [0.3, 0.4) is 0 Å². The van der Waals surface area contributed by atoms with Gasteiger partial charge in [-0.05, 0) is 26.7 Å². The van der Waals surface area contributed by atoms with E-state index in [1.165, 1.54) is 44.2 Å². The third kappa shape index (κ3) is 8.03. The van der Waals surface area contributed by atoms with Crippen LogP contribution in [-0.2, 0) is 0 Å². The van der Waals surface area contributed by atoms with E-state index in [1.54, 1.807) is 0 Å². The van der Waals surface area contributed by atoms with Crippen LogP contribution in [0.2, 0.25) is 0 Å². The van der Waals surface area contributed by atoms with E-state index in [1.807, 2.05) is 13.1 Å². The molecular weight excluding hydrogens is 170 g/mol. The molecule has 1 nitrogen and oxygen atoms in total. The lowest BCUT2D eigenvalue weighted by atomic mass is 10.1. The molecule has 82 valence electrons. The molecule has 0 amide bonds. The number of hydrogen-bond donors (Lipinski definition) is 0. The van der Waals surface area contributed by atoms with Crippen LogP contribution in [0.25, 0.3) is 0 Å². The molecule has 0 aromatic rings. The van der Waals surface area contributed by atoms with E-state index in [0.717, 1.165) is 6.42 Å². The van der Waals surface area contributed by atoms with Gasteiger partial charge in [0.15, 0.2) is 0 Å². The van der Waals surface area contributed by atoms with E-state index in [-0.39, 0.29) is 0 Å². The molecule has 0 saturated carbocycles. The van der Waals surface area contributed by atoms with Gasteiger partial charge in [0.1, 0.15) is 0 Å². The zero-order valence-corrected chi connectivity index (χ0v) is 10.1. The summed E-state index contributed by atoms with van der Waals surface area (Å²) in [7, 11) is 0. The third-order valence-corrected chi connectivity index (χ3v) is 2.41. The highest BCUT2D eigenvalue weighted by atomic mass is 14.7. The molecule has 0 atom stereocenters. The summed E-state index contributed by atoms with van der Waals surface area (Å²) in [4.78, 5) is 4.31. The normalized spacial score (nSPS) is 12.6. The zero-order chi connectivity index (χ0) is 10.6. The Balaban J connectivity index is 3.34. The van der Waals surface area contributed by atoms with Crippen molar-refractivity contribution < 1.29 is 0 Å². The molecule has 0 fully saturated rings. The van der Waals surface area contributed by atoms with Crippen LogP contribution in [0.15, 0.2) is 16.8 Å². The molecule has 0 N–H and O–H groups in total. The van der Waals surface area contributed by atoms with Crippen molar-refractivity contribution in [2.45, 2.75) is 65.7 Å². The Labute approximate surface area is 89.3 Å². The summed E-state index contributed by atoms with van der Waals surface area (Å²) in [5.41, 5.74) is 1.24. The van der Waals surface area contributed by atoms with Crippen molar-refractivity contribution in [2.75, 3.05) is 0 Å². The van der Waals surface area contributed by atoms with Gasteiger partial charge in [0.25, 0.3) is 0 Å². The van der Waals surface area contributed by atoms with Crippen molar-refractivity contribution in [3.63, 3.8) is 0 Å². The van der Waals surface area contributed by atoms with Gasteiger partial charge < -0.3 is 0 Å². The van der Waals surface area contributed by atoms with Crippen molar-refractivity contribution in [2.24, 2.45) is 4.99 Å². The van der Waals surface area contributed by atoms with Gasteiger partial charge in [-0.25, -0.2) is 0 Å². The van der Waals surface area contributed by atoms with E-state index < -0.39 is 0 Å². The fourth-order valence-electron chi connectivity index (χ4n) is 1.54. The molecule has 0 heterocycles. The molecule has 0 spiro atoms. The number of hydrogen-bond acceptors (Lipinski definition) is 1. The Kier molecular flexibility index (Phi) is 10.0. The Morgan fingerprint density at radius 3 is 2.21 bits per heavy atom. The van der Waals surface area contributed by atoms with Crippen LogP contribution in [0.5, 0.6) is 0 Å². The predicted octanol–water partition coefficient (Wildman–Crippen LogP) is 4.73. The highest BCUT2D eigenvalue weighted by Gasteiger charge is 1.93. The minimum atomic E-state index is 1.15. The Morgan fingerprint density at radius 1 is 1.00 bits per heavy atom. The van der Waals surface area contributed by atoms with Crippen LogP contribution in [-0.4, -0.2) is 6.21 Å². The number of unbranched alkanes of at least 4 members (excludes halogenated alkanes) is 5. The summed E-state index contributed by atoms with van der Waals surface area (Å²) in [6, 6.07) is 0. The topological polar surface area (TPSA) is 12.4 Å². The summed E-state index contributed by atoms with van der Waals surface area (Å²) in [6.07, 6.45) is 13.3. The van der Waals surface area contributed by atoms with Gasteiger partial charge in [-0.3, -0.25) is 4.99 Å². The monoisotopic (exact) mass is 195 g/mol. The molecule has 0 unspecified atom stereocenters. The van der Waals surface area contributed by atoms with E-state index in [4.69, 9.17) is 0 Å². The minimum Gasteiger partial charge on any atom is -0.266 e. The smallest absolute Gasteiger partial charge is 0.0356 e. The molecule has 0 aliphatic rings. The molecule has 0 aromatic carbocycles. The van der Waals surface area contributed by atoms with Crippen LogP contribution in [0.1, 0.15) is 65.7 Å². The molecule has 0 aliphatic carbocycles. The molecule has 0 aliphatic heterocycles. The van der Waals surface area contributed by atoms with Gasteiger partial charge in [-0.15, -0.1) is 0 Å². The van der Waals surface area contributed by atoms with Gasteiger partial charge in [0, 0.05) is 11.9 Å². The Hall–Kier alpha value is -0.590. The van der Waals surface area contributed by atoms with E-state index in [9.17, 15) is 0 Å². The van der Waals surface area contributed by atoms with Crippen molar-refractivity contribution in [3.8, 4) is 0 Å². The van der Waals surface area contributed by atoms with Gasteiger partial charge in [-0.2, -0.15) is 0 Å². The third-order valence-electron chi connectivity index (χ3n) is 2.41. The summed E-state index contributed by atoms with van der Waals surface area (Å²) in [6.45, 7) is 6.30. The average Bonchev–Trinajstić information content (AvgIpc) is 2.21. The van der Waals surface area contributed by atoms with Gasteiger partial charge >= 0.3 is 0 Å². The second-order valence-electron chi connectivity index (χ2n) is 3.69. The second kappa shape index (κ2) is 10.5. The maximum atomic E-state index is 4.31. The summed E-state index contributed by atoms with van der Waals surface area (Å²) in [5.74, 6) is 0. The molecule has 14 heavy (non-hydrogen) atoms. The van der Waals surface area contributed by atoms with Gasteiger partial charge in [-0.1, -0.05) is 45.1 Å². The van der Waals surface area contributed by atoms with Crippen LogP contribution >= 0.6 is 0 Å². The molecule has 0 radical (unpaired) electrons. The molecule has 0 saturated heterocycles. The lowest BCUT2D eigenvalue weighted by molar-refractivity contribution is 0.605. The molecule has 0 bridgehead atoms. The van der Waals surface area contributed by atoms with Gasteiger partial charge in [0.2, 0.25) is 0 Å². The number of allylic oxidation sites excluding steroid dienone is 2. The maximum absolute atomic E-state index is 4.31. The maximum Gasteiger partial charge on any atom is 0.0356 e. The standard InChI is InChI=1S/C13H25N/c1-4-7-8-9-10-11-12-13(5-2)14-6-3/h5-6H,4,7-12H2,1-3H3/b13-5-,14-6-. The fourth-order valence-corrected chi connectivity index (χ4v) is 1.54. The van der Waals surface area contributed by atoms with Crippen molar-refractivity contribution in [1.29, 1.82) is 0 Å². The van der Waals surface area contributed by atoms with E-state index in [0.29, 0.717) is 0 Å². The molecule has 1 heteroatoms. The zero-order valence-electron chi connectivity index (χ0n) is 10.1. The number of aliphatic imine (C=N–C) groups is 1. The average molecular weight is 195 g/mol. The lowest BCUT2D eigenvalue weighted by Crippen LogP contribution is -1.82. The van der Waals surface area contributed by atoms with E-state index in [2.05, 4.69) is 24.9 Å². The quantitative estimate of drug-likeness (QED) is 0.392. The van der Waals surface area contributed by atoms with Crippen molar-refractivity contribution >= 4 is 6.21 Å². The first kappa shape index (κ1) is 13.4. The summed E-state index contributed by atoms with van der Waals surface area (Å²) >= 11 is 0. The first-order chi connectivity index (χ1) is 6.85.